The maximum atomic E-state index is 13.3. The molecule has 0 aliphatic carbocycles. The summed E-state index contributed by atoms with van der Waals surface area (Å²) in [5.74, 6) is -4.14. The van der Waals surface area contributed by atoms with Crippen LogP contribution in [0.2, 0.25) is 0 Å². The Bertz CT molecular complexity index is 550. The van der Waals surface area contributed by atoms with Gasteiger partial charge in [-0.25, -0.2) is 21.6 Å². The van der Waals surface area contributed by atoms with Gasteiger partial charge in [0.25, 0.3) is 0 Å². The summed E-state index contributed by atoms with van der Waals surface area (Å²) in [5, 5.41) is 3.03. The summed E-state index contributed by atoms with van der Waals surface area (Å²) in [6.45, 7) is 3.40. The maximum absolute atomic E-state index is 13.3. The summed E-state index contributed by atoms with van der Waals surface area (Å²) in [7, 11) is -3.83. The van der Waals surface area contributed by atoms with Crippen LogP contribution in [0.4, 0.5) is 18.9 Å². The van der Waals surface area contributed by atoms with Crippen molar-refractivity contribution in [2.24, 2.45) is 0 Å². The molecule has 2 N–H and O–H groups in total. The topological polar surface area (TPSA) is 58.2 Å². The fourth-order valence-corrected chi connectivity index (χ4v) is 2.74. The highest BCUT2D eigenvalue weighted by atomic mass is 32.2. The third kappa shape index (κ3) is 5.38. The number of hydrogen-bond donors (Lipinski definition) is 2. The minimum atomic E-state index is -3.83. The van der Waals surface area contributed by atoms with Gasteiger partial charge in [0.2, 0.25) is 10.0 Å². The number of unbranched alkanes of at least 4 members (excludes halogenated alkanes) is 1. The van der Waals surface area contributed by atoms with Crippen LogP contribution in [-0.4, -0.2) is 27.3 Å². The Labute approximate surface area is 116 Å². The monoisotopic (exact) mass is 310 g/mol. The predicted molar refractivity (Wildman–Crippen MR) is 71.5 cm³/mol. The highest BCUT2D eigenvalue weighted by Crippen LogP contribution is 2.20. The fraction of sp³-hybridized carbons (Fsp3) is 0.500. The summed E-state index contributed by atoms with van der Waals surface area (Å²) in [5.41, 5.74) is -0.714. The first-order chi connectivity index (χ1) is 9.35. The van der Waals surface area contributed by atoms with E-state index in [0.717, 1.165) is 6.54 Å². The molecule has 0 aromatic heterocycles. The van der Waals surface area contributed by atoms with Gasteiger partial charge in [0.1, 0.15) is 5.82 Å². The number of anilines is 1. The second kappa shape index (κ2) is 7.49. The molecule has 114 valence electrons. The highest BCUT2D eigenvalue weighted by Gasteiger charge is 2.16. The Morgan fingerprint density at radius 3 is 2.50 bits per heavy atom. The van der Waals surface area contributed by atoms with Crippen molar-refractivity contribution in [1.82, 2.24) is 5.32 Å². The van der Waals surface area contributed by atoms with E-state index in [9.17, 15) is 21.6 Å². The van der Waals surface area contributed by atoms with Gasteiger partial charge in [0.05, 0.1) is 11.4 Å². The summed E-state index contributed by atoms with van der Waals surface area (Å²) >= 11 is 0. The Balaban J connectivity index is 2.62. The number of sulfonamides is 1. The van der Waals surface area contributed by atoms with Crippen LogP contribution in [0.15, 0.2) is 12.1 Å². The van der Waals surface area contributed by atoms with Crippen LogP contribution in [0.25, 0.3) is 0 Å². The lowest BCUT2D eigenvalue weighted by atomic mass is 10.3. The third-order valence-corrected chi connectivity index (χ3v) is 3.88. The summed E-state index contributed by atoms with van der Waals surface area (Å²) in [6.07, 6.45) is 0.997. The van der Waals surface area contributed by atoms with Crippen LogP contribution >= 0.6 is 0 Å². The van der Waals surface area contributed by atoms with Crippen molar-refractivity contribution in [2.45, 2.75) is 19.8 Å². The molecule has 1 rings (SSSR count). The molecule has 0 fully saturated rings. The average Bonchev–Trinajstić information content (AvgIpc) is 2.34. The fourth-order valence-electron chi connectivity index (χ4n) is 1.57. The molecule has 0 aliphatic heterocycles. The molecule has 0 saturated carbocycles. The van der Waals surface area contributed by atoms with E-state index in [1.807, 2.05) is 11.6 Å². The predicted octanol–water partition coefficient (Wildman–Crippen LogP) is 2.24. The van der Waals surface area contributed by atoms with Crippen molar-refractivity contribution in [2.75, 3.05) is 23.6 Å². The highest BCUT2D eigenvalue weighted by molar-refractivity contribution is 7.92. The molecule has 8 heteroatoms. The van der Waals surface area contributed by atoms with Crippen molar-refractivity contribution >= 4 is 15.7 Å². The van der Waals surface area contributed by atoms with E-state index < -0.39 is 33.2 Å². The van der Waals surface area contributed by atoms with Gasteiger partial charge in [-0.15, -0.1) is 0 Å². The largest absolute Gasteiger partial charge is 0.317 e. The summed E-state index contributed by atoms with van der Waals surface area (Å²) in [4.78, 5) is 0. The second-order valence-corrected chi connectivity index (χ2v) is 6.07. The summed E-state index contributed by atoms with van der Waals surface area (Å²) < 4.78 is 64.4. The molecule has 0 heterocycles. The van der Waals surface area contributed by atoms with Crippen LogP contribution in [0.5, 0.6) is 0 Å². The molecule has 0 saturated heterocycles. The van der Waals surface area contributed by atoms with E-state index in [1.54, 1.807) is 0 Å². The van der Waals surface area contributed by atoms with Gasteiger partial charge in [-0.05, 0) is 25.9 Å². The lowest BCUT2D eigenvalue weighted by Crippen LogP contribution is -2.20. The Morgan fingerprint density at radius 1 is 1.15 bits per heavy atom. The van der Waals surface area contributed by atoms with E-state index >= 15 is 0 Å². The molecule has 1 aromatic rings. The molecule has 0 unspecified atom stereocenters. The van der Waals surface area contributed by atoms with E-state index in [1.165, 1.54) is 0 Å². The molecule has 0 aliphatic rings. The maximum Gasteiger partial charge on any atom is 0.232 e. The molecular formula is C12H17F3N2O2S. The van der Waals surface area contributed by atoms with E-state index in [0.29, 0.717) is 31.5 Å². The minimum absolute atomic E-state index is 0.240. The van der Waals surface area contributed by atoms with Gasteiger partial charge >= 0.3 is 0 Å². The third-order valence-electron chi connectivity index (χ3n) is 2.53. The van der Waals surface area contributed by atoms with Gasteiger partial charge in [-0.2, -0.15) is 0 Å². The van der Waals surface area contributed by atoms with E-state index in [4.69, 9.17) is 0 Å². The zero-order valence-electron chi connectivity index (χ0n) is 11.0. The second-order valence-electron chi connectivity index (χ2n) is 4.23. The van der Waals surface area contributed by atoms with Crippen molar-refractivity contribution in [1.29, 1.82) is 0 Å². The van der Waals surface area contributed by atoms with Gasteiger partial charge in [0, 0.05) is 12.1 Å². The molecule has 20 heavy (non-hydrogen) atoms. The van der Waals surface area contributed by atoms with E-state index in [-0.39, 0.29) is 5.75 Å². The van der Waals surface area contributed by atoms with Gasteiger partial charge in [0.15, 0.2) is 11.6 Å². The molecule has 0 radical (unpaired) electrons. The average molecular weight is 310 g/mol. The van der Waals surface area contributed by atoms with Gasteiger partial charge in [-0.3, -0.25) is 4.72 Å². The first kappa shape index (κ1) is 16.8. The standard InChI is InChI=1S/C12H17F3N2O2S/c1-2-16-5-3-4-6-20(18,19)17-11-8-9(13)7-10(14)12(11)15/h7-8,16-17H,2-6H2,1H3. The number of nitrogens with one attached hydrogen (secondary N) is 2. The Kier molecular flexibility index (Phi) is 6.28. The Morgan fingerprint density at radius 2 is 1.85 bits per heavy atom. The molecule has 0 bridgehead atoms. The molecule has 0 amide bonds. The lowest BCUT2D eigenvalue weighted by molar-refractivity contribution is 0.498. The first-order valence-corrected chi connectivity index (χ1v) is 7.86. The summed E-state index contributed by atoms with van der Waals surface area (Å²) in [6, 6.07) is 0.956. The van der Waals surface area contributed by atoms with Crippen LogP contribution in [0.3, 0.4) is 0 Å². The molecular weight excluding hydrogens is 293 g/mol. The van der Waals surface area contributed by atoms with Crippen molar-refractivity contribution in [3.05, 3.63) is 29.6 Å². The van der Waals surface area contributed by atoms with Crippen molar-refractivity contribution in [3.63, 3.8) is 0 Å². The molecule has 1 aromatic carbocycles. The van der Waals surface area contributed by atoms with E-state index in [2.05, 4.69) is 5.32 Å². The molecule has 0 atom stereocenters. The number of hydrogen-bond acceptors (Lipinski definition) is 3. The van der Waals surface area contributed by atoms with Crippen LogP contribution < -0.4 is 10.0 Å². The Hall–Kier alpha value is -1.28. The lowest BCUT2D eigenvalue weighted by Gasteiger charge is -2.09. The van der Waals surface area contributed by atoms with Crippen LogP contribution in [0.1, 0.15) is 19.8 Å². The van der Waals surface area contributed by atoms with Crippen LogP contribution in [0, 0.1) is 17.5 Å². The van der Waals surface area contributed by atoms with Crippen molar-refractivity contribution in [3.8, 4) is 0 Å². The number of rotatable bonds is 8. The zero-order chi connectivity index (χ0) is 15.2. The number of benzene rings is 1. The van der Waals surface area contributed by atoms with Crippen molar-refractivity contribution < 1.29 is 21.6 Å². The van der Waals surface area contributed by atoms with Gasteiger partial charge in [-0.1, -0.05) is 6.92 Å². The quantitative estimate of drug-likeness (QED) is 0.572. The van der Waals surface area contributed by atoms with Crippen LogP contribution in [-0.2, 0) is 10.0 Å². The number of halogens is 3. The molecule has 0 spiro atoms. The smallest absolute Gasteiger partial charge is 0.232 e. The zero-order valence-corrected chi connectivity index (χ0v) is 11.9. The van der Waals surface area contributed by atoms with Gasteiger partial charge < -0.3 is 5.32 Å². The molecule has 4 nitrogen and oxygen atoms in total. The minimum Gasteiger partial charge on any atom is -0.317 e. The SMILES string of the molecule is CCNCCCCS(=O)(=O)Nc1cc(F)cc(F)c1F. The normalized spacial score (nSPS) is 11.6. The first-order valence-electron chi connectivity index (χ1n) is 6.21.